The van der Waals surface area contributed by atoms with Crippen LogP contribution >= 0.6 is 11.8 Å². The number of rotatable bonds is 6. The van der Waals surface area contributed by atoms with Crippen molar-refractivity contribution in [2.75, 3.05) is 12.4 Å². The number of benzene rings is 2. The number of aromatic nitrogens is 2. The number of para-hydroxylation sites is 1. The van der Waals surface area contributed by atoms with Gasteiger partial charge in [0.05, 0.1) is 34.9 Å². The second-order valence-electron chi connectivity index (χ2n) is 6.80. The maximum Gasteiger partial charge on any atom is 0.262 e. The third-order valence-electron chi connectivity index (χ3n) is 4.80. The van der Waals surface area contributed by atoms with E-state index in [1.54, 1.807) is 24.3 Å². The Morgan fingerprint density at radius 3 is 2.86 bits per heavy atom. The SMILES string of the molecule is O=C(CSc1nc2ccccc2c(=O)n1C[C@H]1CCCO1)c1cc(F)ccc1F. The van der Waals surface area contributed by atoms with Crippen LogP contribution < -0.4 is 5.56 Å². The normalized spacial score (nSPS) is 16.4. The van der Waals surface area contributed by atoms with Gasteiger partial charge in [-0.1, -0.05) is 23.9 Å². The molecule has 0 spiro atoms. The van der Waals surface area contributed by atoms with Gasteiger partial charge in [-0.15, -0.1) is 0 Å². The lowest BCUT2D eigenvalue weighted by Crippen LogP contribution is -2.29. The number of hydrogen-bond acceptors (Lipinski definition) is 5. The minimum Gasteiger partial charge on any atom is -0.376 e. The van der Waals surface area contributed by atoms with Gasteiger partial charge in [-0.2, -0.15) is 0 Å². The summed E-state index contributed by atoms with van der Waals surface area (Å²) in [6.07, 6.45) is 1.68. The minimum absolute atomic E-state index is 0.0913. The third kappa shape index (κ3) is 4.23. The highest BCUT2D eigenvalue weighted by molar-refractivity contribution is 7.99. The molecule has 29 heavy (non-hydrogen) atoms. The Balaban J connectivity index is 1.65. The minimum atomic E-state index is -0.778. The first-order chi connectivity index (χ1) is 14.0. The topological polar surface area (TPSA) is 61.2 Å². The first-order valence-corrected chi connectivity index (χ1v) is 10.2. The molecule has 0 bridgehead atoms. The lowest BCUT2D eigenvalue weighted by molar-refractivity contribution is 0.0937. The largest absolute Gasteiger partial charge is 0.376 e. The van der Waals surface area contributed by atoms with E-state index in [0.717, 1.165) is 42.8 Å². The average Bonchev–Trinajstić information content (AvgIpc) is 3.23. The van der Waals surface area contributed by atoms with Crippen molar-refractivity contribution in [2.45, 2.75) is 30.6 Å². The second-order valence-corrected chi connectivity index (χ2v) is 7.74. The van der Waals surface area contributed by atoms with Crippen LogP contribution in [0.1, 0.15) is 23.2 Å². The van der Waals surface area contributed by atoms with Gasteiger partial charge in [0.25, 0.3) is 5.56 Å². The van der Waals surface area contributed by atoms with Crippen LogP contribution in [0, 0.1) is 11.6 Å². The van der Waals surface area contributed by atoms with Gasteiger partial charge in [-0.25, -0.2) is 13.8 Å². The number of carbonyl (C=O) groups is 1. The summed E-state index contributed by atoms with van der Waals surface area (Å²) < 4.78 is 34.4. The molecule has 1 fully saturated rings. The highest BCUT2D eigenvalue weighted by atomic mass is 32.2. The smallest absolute Gasteiger partial charge is 0.262 e. The van der Waals surface area contributed by atoms with Crippen molar-refractivity contribution < 1.29 is 18.3 Å². The molecule has 4 rings (SSSR count). The first kappa shape index (κ1) is 19.7. The summed E-state index contributed by atoms with van der Waals surface area (Å²) in [7, 11) is 0. The van der Waals surface area contributed by atoms with E-state index in [4.69, 9.17) is 4.74 Å². The molecule has 0 unspecified atom stereocenters. The molecule has 1 atom stereocenters. The molecule has 1 aliphatic rings. The Labute approximate surface area is 169 Å². The Morgan fingerprint density at radius 1 is 1.24 bits per heavy atom. The van der Waals surface area contributed by atoms with Crippen LogP contribution in [0.25, 0.3) is 10.9 Å². The maximum atomic E-state index is 13.9. The van der Waals surface area contributed by atoms with E-state index in [9.17, 15) is 18.4 Å². The monoisotopic (exact) mass is 416 g/mol. The van der Waals surface area contributed by atoms with Crippen molar-refractivity contribution in [3.05, 3.63) is 70.0 Å². The zero-order valence-corrected chi connectivity index (χ0v) is 16.3. The zero-order chi connectivity index (χ0) is 20.4. The number of ketones is 1. The highest BCUT2D eigenvalue weighted by Gasteiger charge is 2.21. The standard InChI is InChI=1S/C21H18F2N2O3S/c22-13-7-8-17(23)16(10-13)19(26)12-29-21-24-18-6-2-1-5-15(18)20(27)25(21)11-14-4-3-9-28-14/h1-2,5-8,10,14H,3-4,9,11-12H2/t14-/m1/s1. The Bertz CT molecular complexity index is 1130. The summed E-state index contributed by atoms with van der Waals surface area (Å²) in [6, 6.07) is 9.75. The van der Waals surface area contributed by atoms with E-state index in [1.807, 2.05) is 0 Å². The molecule has 2 heterocycles. The lowest BCUT2D eigenvalue weighted by atomic mass is 10.1. The molecule has 0 N–H and O–H groups in total. The van der Waals surface area contributed by atoms with Gasteiger partial charge in [0.15, 0.2) is 10.9 Å². The van der Waals surface area contributed by atoms with Crippen molar-refractivity contribution in [3.8, 4) is 0 Å². The number of thioether (sulfide) groups is 1. The van der Waals surface area contributed by atoms with Gasteiger partial charge in [-0.3, -0.25) is 14.2 Å². The molecule has 0 aliphatic carbocycles. The third-order valence-corrected chi connectivity index (χ3v) is 5.77. The number of nitrogens with zero attached hydrogens (tertiary/aromatic N) is 2. The summed E-state index contributed by atoms with van der Waals surface area (Å²) in [5.74, 6) is -2.20. The van der Waals surface area contributed by atoms with E-state index < -0.39 is 17.4 Å². The van der Waals surface area contributed by atoms with Crippen molar-refractivity contribution in [2.24, 2.45) is 0 Å². The summed E-state index contributed by atoms with van der Waals surface area (Å²) >= 11 is 1.03. The van der Waals surface area contributed by atoms with Gasteiger partial charge in [0.1, 0.15) is 11.6 Å². The Hall–Kier alpha value is -2.58. The van der Waals surface area contributed by atoms with Crippen molar-refractivity contribution in [1.82, 2.24) is 9.55 Å². The highest BCUT2D eigenvalue weighted by Crippen LogP contribution is 2.22. The van der Waals surface area contributed by atoms with E-state index in [2.05, 4.69) is 4.98 Å². The summed E-state index contributed by atoms with van der Waals surface area (Å²) in [4.78, 5) is 30.0. The number of halogens is 2. The van der Waals surface area contributed by atoms with Crippen molar-refractivity contribution in [3.63, 3.8) is 0 Å². The molecule has 8 heteroatoms. The molecule has 1 aromatic heterocycles. The van der Waals surface area contributed by atoms with Crippen LogP contribution in [-0.2, 0) is 11.3 Å². The molecule has 0 amide bonds. The van der Waals surface area contributed by atoms with Crippen LogP contribution in [0.15, 0.2) is 52.4 Å². The fourth-order valence-corrected chi connectivity index (χ4v) is 4.22. The maximum absolute atomic E-state index is 13.9. The summed E-state index contributed by atoms with van der Waals surface area (Å²) in [6.45, 7) is 0.988. The van der Waals surface area contributed by atoms with Gasteiger partial charge in [0, 0.05) is 6.61 Å². The molecule has 0 radical (unpaired) electrons. The predicted octanol–water partition coefficient (Wildman–Crippen LogP) is 3.83. The van der Waals surface area contributed by atoms with Gasteiger partial charge in [0.2, 0.25) is 0 Å². The quantitative estimate of drug-likeness (QED) is 0.347. The van der Waals surface area contributed by atoms with E-state index in [-0.39, 0.29) is 23.0 Å². The molecule has 150 valence electrons. The summed E-state index contributed by atoms with van der Waals surface area (Å²) in [5.41, 5.74) is -0.00253. The predicted molar refractivity (Wildman–Crippen MR) is 106 cm³/mol. The fourth-order valence-electron chi connectivity index (χ4n) is 3.33. The van der Waals surface area contributed by atoms with Gasteiger partial charge >= 0.3 is 0 Å². The van der Waals surface area contributed by atoms with E-state index in [1.165, 1.54) is 4.57 Å². The van der Waals surface area contributed by atoms with E-state index in [0.29, 0.717) is 29.2 Å². The van der Waals surface area contributed by atoms with E-state index >= 15 is 0 Å². The second kappa shape index (κ2) is 8.42. The zero-order valence-electron chi connectivity index (χ0n) is 15.4. The number of carbonyl (C=O) groups excluding carboxylic acids is 1. The lowest BCUT2D eigenvalue weighted by Gasteiger charge is -2.16. The molecule has 3 aromatic rings. The molecule has 1 aliphatic heterocycles. The number of ether oxygens (including phenoxy) is 1. The van der Waals surface area contributed by atoms with Crippen LogP contribution in [0.2, 0.25) is 0 Å². The molecule has 2 aromatic carbocycles. The van der Waals surface area contributed by atoms with Crippen LogP contribution in [0.5, 0.6) is 0 Å². The molecular weight excluding hydrogens is 398 g/mol. The van der Waals surface area contributed by atoms with Crippen molar-refractivity contribution >= 4 is 28.4 Å². The van der Waals surface area contributed by atoms with Gasteiger partial charge in [-0.05, 0) is 43.2 Å². The van der Waals surface area contributed by atoms with Crippen molar-refractivity contribution in [1.29, 1.82) is 0 Å². The molecule has 0 saturated carbocycles. The Kier molecular flexibility index (Phi) is 5.73. The summed E-state index contributed by atoms with van der Waals surface area (Å²) in [5, 5.41) is 0.840. The fraction of sp³-hybridized carbons (Fsp3) is 0.286. The van der Waals surface area contributed by atoms with Crippen LogP contribution in [-0.4, -0.2) is 33.8 Å². The average molecular weight is 416 g/mol. The first-order valence-electron chi connectivity index (χ1n) is 9.25. The molecule has 1 saturated heterocycles. The molecular formula is C21H18F2N2O3S. The number of hydrogen-bond donors (Lipinski definition) is 0. The van der Waals surface area contributed by atoms with Crippen LogP contribution in [0.4, 0.5) is 8.78 Å². The molecule has 5 nitrogen and oxygen atoms in total. The van der Waals surface area contributed by atoms with Gasteiger partial charge < -0.3 is 4.74 Å². The number of fused-ring (bicyclic) bond motifs is 1. The number of Topliss-reactive ketones (excluding diaryl/α,β-unsaturated/α-hetero) is 1. The van der Waals surface area contributed by atoms with Crippen LogP contribution in [0.3, 0.4) is 0 Å². The Morgan fingerprint density at radius 2 is 2.07 bits per heavy atom.